The van der Waals surface area contributed by atoms with Crippen molar-refractivity contribution in [2.24, 2.45) is 0 Å². The van der Waals surface area contributed by atoms with E-state index in [4.69, 9.17) is 4.74 Å². The fourth-order valence-corrected chi connectivity index (χ4v) is 2.33. The van der Waals surface area contributed by atoms with Gasteiger partial charge in [-0.05, 0) is 50.9 Å². The lowest BCUT2D eigenvalue weighted by Crippen LogP contribution is -2.32. The maximum atomic E-state index is 12.4. The van der Waals surface area contributed by atoms with Crippen LogP contribution in [0.1, 0.15) is 42.3 Å². The summed E-state index contributed by atoms with van der Waals surface area (Å²) in [4.78, 5) is 12.4. The third kappa shape index (κ3) is 6.22. The van der Waals surface area contributed by atoms with Gasteiger partial charge in [-0.1, -0.05) is 25.6 Å². The Hall–Kier alpha value is -1.55. The molecule has 0 saturated carbocycles. The van der Waals surface area contributed by atoms with E-state index in [9.17, 15) is 14.8 Å². The summed E-state index contributed by atoms with van der Waals surface area (Å²) in [7, 11) is -3.26. The summed E-state index contributed by atoms with van der Waals surface area (Å²) in [5.74, 6) is 2.60. The van der Waals surface area contributed by atoms with Crippen molar-refractivity contribution in [1.29, 1.82) is 0 Å². The van der Waals surface area contributed by atoms with E-state index in [1.54, 1.807) is 33.8 Å². The van der Waals surface area contributed by atoms with E-state index in [0.29, 0.717) is 16.7 Å². The molecule has 124 valence electrons. The van der Waals surface area contributed by atoms with Gasteiger partial charge < -0.3 is 14.8 Å². The van der Waals surface area contributed by atoms with Crippen molar-refractivity contribution in [1.82, 2.24) is 0 Å². The number of carbonyl (C=O) groups is 1. The maximum absolute atomic E-state index is 12.4. The summed E-state index contributed by atoms with van der Waals surface area (Å²) in [5.41, 5.74) is 4.47. The van der Waals surface area contributed by atoms with Crippen LogP contribution in [0.25, 0.3) is 0 Å². The molecule has 0 aliphatic carbocycles. The molecule has 2 N–H and O–H groups in total. The van der Waals surface area contributed by atoms with E-state index in [1.807, 2.05) is 0 Å². The molecule has 6 heteroatoms. The molecule has 0 amide bonds. The van der Waals surface area contributed by atoms with Crippen LogP contribution >= 0.6 is 0 Å². The number of carbonyl (C=O) groups excluding carboxylic acids is 1. The van der Waals surface area contributed by atoms with Gasteiger partial charge in [0.2, 0.25) is 0 Å². The average Bonchev–Trinajstić information content (AvgIpc) is 2.33. The van der Waals surface area contributed by atoms with Crippen molar-refractivity contribution in [3.05, 3.63) is 28.8 Å². The van der Waals surface area contributed by atoms with Crippen LogP contribution in [0.5, 0.6) is 0 Å². The van der Waals surface area contributed by atoms with Crippen LogP contribution < -0.4 is 5.46 Å². The summed E-state index contributed by atoms with van der Waals surface area (Å²) in [6.45, 7) is 13.5. The average molecular weight is 332 g/mol. The van der Waals surface area contributed by atoms with E-state index >= 15 is 0 Å². The second kappa shape index (κ2) is 6.92. The molecule has 0 saturated heterocycles. The first-order valence-corrected chi connectivity index (χ1v) is 11.1. The van der Waals surface area contributed by atoms with E-state index < -0.39 is 26.8 Å². The normalized spacial score (nSPS) is 11.5. The topological polar surface area (TPSA) is 66.8 Å². The molecule has 1 aromatic carbocycles. The predicted molar refractivity (Wildman–Crippen MR) is 96.4 cm³/mol. The molecule has 1 aromatic rings. The van der Waals surface area contributed by atoms with Gasteiger partial charge in [-0.15, -0.1) is 5.54 Å². The zero-order chi connectivity index (χ0) is 18.0. The first-order valence-electron chi connectivity index (χ1n) is 7.57. The smallest absolute Gasteiger partial charge is 0.456 e. The van der Waals surface area contributed by atoms with Crippen LogP contribution in [-0.4, -0.2) is 36.8 Å². The van der Waals surface area contributed by atoms with E-state index in [2.05, 4.69) is 31.1 Å². The number of ether oxygens (including phenoxy) is 1. The standard InChI is InChI=1S/C17H25BO4Si/c1-12-13(8-9-23(5,6)7)10-14(18(20)21)11-15(12)16(19)22-17(2,3)4/h10-11,20-21H,1-7H3. The molecular formula is C17H25BO4Si. The van der Waals surface area contributed by atoms with E-state index in [0.717, 1.165) is 0 Å². The fraction of sp³-hybridized carbons (Fsp3) is 0.471. The molecule has 0 aromatic heterocycles. The Bertz CT molecular complexity index is 658. The van der Waals surface area contributed by atoms with E-state index in [-0.39, 0.29) is 5.46 Å². The number of hydrogen-bond donors (Lipinski definition) is 2. The van der Waals surface area contributed by atoms with Gasteiger partial charge in [0.15, 0.2) is 0 Å². The first kappa shape index (κ1) is 19.5. The quantitative estimate of drug-likeness (QED) is 0.493. The van der Waals surface area contributed by atoms with Crippen molar-refractivity contribution in [3.63, 3.8) is 0 Å². The van der Waals surface area contributed by atoms with Gasteiger partial charge in [-0.2, -0.15) is 0 Å². The minimum Gasteiger partial charge on any atom is -0.456 e. The minimum atomic E-state index is -1.66. The van der Waals surface area contributed by atoms with Crippen LogP contribution in [0.4, 0.5) is 0 Å². The molecule has 4 nitrogen and oxygen atoms in total. The van der Waals surface area contributed by atoms with Crippen LogP contribution in [0, 0.1) is 18.4 Å². The highest BCUT2D eigenvalue weighted by Crippen LogP contribution is 2.17. The second-order valence-electron chi connectivity index (χ2n) is 7.62. The Morgan fingerprint density at radius 1 is 1.22 bits per heavy atom. The Labute approximate surface area is 140 Å². The Morgan fingerprint density at radius 3 is 2.22 bits per heavy atom. The Kier molecular flexibility index (Phi) is 5.86. The fourth-order valence-electron chi connectivity index (χ4n) is 1.82. The molecule has 23 heavy (non-hydrogen) atoms. The Balaban J connectivity index is 3.43. The first-order chi connectivity index (χ1) is 10.3. The molecule has 0 aliphatic rings. The zero-order valence-electron chi connectivity index (χ0n) is 14.9. The third-order valence-corrected chi connectivity index (χ3v) is 3.79. The summed E-state index contributed by atoms with van der Waals surface area (Å²) in [6, 6.07) is 3.06. The maximum Gasteiger partial charge on any atom is 0.488 e. The van der Waals surface area contributed by atoms with Gasteiger partial charge in [0.05, 0.1) is 5.56 Å². The lowest BCUT2D eigenvalue weighted by Gasteiger charge is -2.21. The summed E-state index contributed by atoms with van der Waals surface area (Å²) in [6.07, 6.45) is 0. The van der Waals surface area contributed by atoms with Gasteiger partial charge in [-0.25, -0.2) is 4.79 Å². The minimum absolute atomic E-state index is 0.233. The molecule has 1 rings (SSSR count). The largest absolute Gasteiger partial charge is 0.488 e. The number of benzene rings is 1. The lowest BCUT2D eigenvalue weighted by molar-refractivity contribution is 0.00688. The molecule has 0 aliphatic heterocycles. The van der Waals surface area contributed by atoms with Crippen molar-refractivity contribution < 1.29 is 19.6 Å². The van der Waals surface area contributed by atoms with Gasteiger partial charge in [0.25, 0.3) is 0 Å². The second-order valence-corrected chi connectivity index (χ2v) is 12.4. The number of rotatable bonds is 2. The molecule has 0 heterocycles. The summed E-state index contributed by atoms with van der Waals surface area (Å²) < 4.78 is 5.40. The summed E-state index contributed by atoms with van der Waals surface area (Å²) >= 11 is 0. The molecule has 0 bridgehead atoms. The molecule has 0 fully saturated rings. The van der Waals surface area contributed by atoms with Gasteiger partial charge in [0, 0.05) is 5.56 Å². The molecule has 0 unspecified atom stereocenters. The molecule has 0 spiro atoms. The van der Waals surface area contributed by atoms with E-state index in [1.165, 1.54) is 6.07 Å². The summed E-state index contributed by atoms with van der Waals surface area (Å²) in [5, 5.41) is 18.9. The third-order valence-electron chi connectivity index (χ3n) is 2.92. The van der Waals surface area contributed by atoms with Gasteiger partial charge >= 0.3 is 13.1 Å². The highest BCUT2D eigenvalue weighted by atomic mass is 28.3. The lowest BCUT2D eigenvalue weighted by atomic mass is 9.77. The van der Waals surface area contributed by atoms with Crippen molar-refractivity contribution in [2.45, 2.75) is 52.9 Å². The van der Waals surface area contributed by atoms with Crippen molar-refractivity contribution in [3.8, 4) is 11.5 Å². The van der Waals surface area contributed by atoms with Crippen LogP contribution in [-0.2, 0) is 4.74 Å². The van der Waals surface area contributed by atoms with Gasteiger partial charge in [-0.3, -0.25) is 0 Å². The highest BCUT2D eigenvalue weighted by Gasteiger charge is 2.23. The number of esters is 1. The molecular weight excluding hydrogens is 307 g/mol. The van der Waals surface area contributed by atoms with Crippen LogP contribution in [0.15, 0.2) is 12.1 Å². The SMILES string of the molecule is Cc1c(C#C[Si](C)(C)C)cc(B(O)O)cc1C(=O)OC(C)(C)C. The molecule has 0 atom stereocenters. The van der Waals surface area contributed by atoms with Crippen LogP contribution in [0.2, 0.25) is 19.6 Å². The Morgan fingerprint density at radius 2 is 1.78 bits per heavy atom. The highest BCUT2D eigenvalue weighted by molar-refractivity contribution is 6.83. The number of hydrogen-bond acceptors (Lipinski definition) is 4. The van der Waals surface area contributed by atoms with Crippen molar-refractivity contribution in [2.75, 3.05) is 0 Å². The van der Waals surface area contributed by atoms with Gasteiger partial charge in [0.1, 0.15) is 13.7 Å². The monoisotopic (exact) mass is 332 g/mol. The van der Waals surface area contributed by atoms with Crippen molar-refractivity contribution >= 4 is 26.6 Å². The zero-order valence-corrected chi connectivity index (χ0v) is 15.9. The predicted octanol–water partition coefficient (Wildman–Crippen LogP) is 1.86. The van der Waals surface area contributed by atoms with Crippen LogP contribution in [0.3, 0.4) is 0 Å². The molecule has 0 radical (unpaired) electrons.